The molecule has 6 nitrogen and oxygen atoms in total. The number of carbonyl (C=O) groups is 3. The Morgan fingerprint density at radius 1 is 1.15 bits per heavy atom. The van der Waals surface area contributed by atoms with Crippen LogP contribution >= 0.6 is 38.5 Å². The number of rotatable bonds is 2. The molecule has 0 unspecified atom stereocenters. The maximum atomic E-state index is 13.1. The van der Waals surface area contributed by atoms with Gasteiger partial charge in [0.25, 0.3) is 11.8 Å². The number of phenolic OH excluding ortho intramolecular Hbond substituents is 1. The van der Waals surface area contributed by atoms with Crippen molar-refractivity contribution in [1.29, 1.82) is 0 Å². The predicted molar refractivity (Wildman–Crippen MR) is 104 cm³/mol. The molecule has 4 amide bonds. The van der Waals surface area contributed by atoms with E-state index in [1.807, 2.05) is 22.6 Å². The van der Waals surface area contributed by atoms with Gasteiger partial charge in [-0.1, -0.05) is 0 Å². The van der Waals surface area contributed by atoms with Gasteiger partial charge in [-0.05, 0) is 86.6 Å². The van der Waals surface area contributed by atoms with E-state index in [4.69, 9.17) is 0 Å². The van der Waals surface area contributed by atoms with Gasteiger partial charge in [-0.3, -0.25) is 14.9 Å². The number of benzene rings is 2. The number of imide groups is 2. The molecule has 0 atom stereocenters. The Labute approximate surface area is 169 Å². The number of amides is 4. The quantitative estimate of drug-likeness (QED) is 0.353. The number of barbiturate groups is 1. The molecule has 0 bridgehead atoms. The number of anilines is 1. The fraction of sp³-hybridized carbons (Fsp3) is 0. The molecule has 3 rings (SSSR count). The third-order valence-electron chi connectivity index (χ3n) is 3.54. The average molecular weight is 531 g/mol. The monoisotopic (exact) mass is 530 g/mol. The molecule has 132 valence electrons. The number of hydrogen-bond donors (Lipinski definition) is 2. The molecule has 0 radical (unpaired) electrons. The van der Waals surface area contributed by atoms with Crippen LogP contribution in [0.4, 0.5) is 14.9 Å². The summed E-state index contributed by atoms with van der Waals surface area (Å²) in [5.74, 6) is -2.15. The van der Waals surface area contributed by atoms with E-state index >= 15 is 0 Å². The summed E-state index contributed by atoms with van der Waals surface area (Å²) in [5.41, 5.74) is 0.349. The van der Waals surface area contributed by atoms with Gasteiger partial charge >= 0.3 is 6.03 Å². The minimum atomic E-state index is -0.912. The summed E-state index contributed by atoms with van der Waals surface area (Å²) < 4.78 is 14.0. The van der Waals surface area contributed by atoms with Crippen LogP contribution in [0.3, 0.4) is 0 Å². The lowest BCUT2D eigenvalue weighted by atomic mass is 10.1. The molecule has 2 N–H and O–H groups in total. The fourth-order valence-corrected chi connectivity index (χ4v) is 3.82. The minimum Gasteiger partial charge on any atom is -0.506 e. The molecule has 26 heavy (non-hydrogen) atoms. The Bertz CT molecular complexity index is 952. The highest BCUT2D eigenvalue weighted by Crippen LogP contribution is 2.31. The zero-order valence-electron chi connectivity index (χ0n) is 12.8. The Morgan fingerprint density at radius 3 is 2.42 bits per heavy atom. The van der Waals surface area contributed by atoms with Crippen LogP contribution in [0.15, 0.2) is 46.4 Å². The third-order valence-corrected chi connectivity index (χ3v) is 4.96. The number of hydrogen-bond acceptors (Lipinski definition) is 4. The first-order valence-electron chi connectivity index (χ1n) is 7.13. The third kappa shape index (κ3) is 3.49. The number of nitrogens with one attached hydrogen (secondary N) is 1. The van der Waals surface area contributed by atoms with E-state index in [0.717, 1.165) is 17.0 Å². The average Bonchev–Trinajstić information content (AvgIpc) is 2.58. The summed E-state index contributed by atoms with van der Waals surface area (Å²) in [7, 11) is 0. The van der Waals surface area contributed by atoms with Crippen LogP contribution < -0.4 is 10.2 Å². The number of carbonyl (C=O) groups excluding carboxylic acids is 3. The number of phenols is 1. The predicted octanol–water partition coefficient (Wildman–Crippen LogP) is 3.56. The lowest BCUT2D eigenvalue weighted by Gasteiger charge is -2.26. The van der Waals surface area contributed by atoms with Gasteiger partial charge < -0.3 is 5.11 Å². The standard InChI is InChI=1S/C17H9BrFIN2O4/c18-12-6-8(7-13(20)14(12)23)5-11-15(24)21-17(26)22(16(11)25)10-3-1-9(19)2-4-10/h1-7,23H,(H,21,24,26). The highest BCUT2D eigenvalue weighted by molar-refractivity contribution is 14.1. The molecule has 0 saturated carbocycles. The van der Waals surface area contributed by atoms with Gasteiger partial charge in [0.1, 0.15) is 17.1 Å². The molecule has 1 saturated heterocycles. The summed E-state index contributed by atoms with van der Waals surface area (Å²) in [6.07, 6.45) is 1.31. The van der Waals surface area contributed by atoms with Crippen molar-refractivity contribution >= 4 is 68.1 Å². The van der Waals surface area contributed by atoms with Gasteiger partial charge in [0, 0.05) is 0 Å². The van der Waals surface area contributed by atoms with Crippen LogP contribution in [0.1, 0.15) is 5.56 Å². The first kappa shape index (κ1) is 18.5. The van der Waals surface area contributed by atoms with E-state index in [2.05, 4.69) is 21.2 Å². The zero-order valence-corrected chi connectivity index (χ0v) is 16.5. The number of nitrogens with zero attached hydrogens (tertiary/aromatic N) is 1. The largest absolute Gasteiger partial charge is 0.506 e. The summed E-state index contributed by atoms with van der Waals surface area (Å²) in [6, 6.07) is 6.94. The van der Waals surface area contributed by atoms with Crippen molar-refractivity contribution in [2.24, 2.45) is 0 Å². The maximum Gasteiger partial charge on any atom is 0.335 e. The number of halogens is 3. The lowest BCUT2D eigenvalue weighted by molar-refractivity contribution is -0.122. The van der Waals surface area contributed by atoms with E-state index < -0.39 is 23.7 Å². The number of aromatic hydroxyl groups is 1. The van der Waals surface area contributed by atoms with Gasteiger partial charge in [-0.2, -0.15) is 0 Å². The number of urea groups is 1. The van der Waals surface area contributed by atoms with Crippen LogP contribution in [0.5, 0.6) is 5.75 Å². The highest BCUT2D eigenvalue weighted by atomic mass is 127. The first-order valence-corrected chi connectivity index (χ1v) is 9.00. The molecule has 2 aromatic carbocycles. The smallest absolute Gasteiger partial charge is 0.335 e. The fourth-order valence-electron chi connectivity index (χ4n) is 2.32. The van der Waals surface area contributed by atoms with Crippen LogP contribution in [0.2, 0.25) is 0 Å². The summed E-state index contributed by atoms with van der Waals surface area (Å²) in [4.78, 5) is 37.6. The van der Waals surface area contributed by atoms with Gasteiger partial charge in [0.2, 0.25) is 0 Å². The van der Waals surface area contributed by atoms with Gasteiger partial charge in [-0.25, -0.2) is 14.1 Å². The van der Waals surface area contributed by atoms with E-state index in [1.165, 1.54) is 24.3 Å². The topological polar surface area (TPSA) is 86.7 Å². The second-order valence-corrected chi connectivity index (χ2v) is 7.28. The van der Waals surface area contributed by atoms with Crippen molar-refractivity contribution in [1.82, 2.24) is 5.32 Å². The van der Waals surface area contributed by atoms with Crippen LogP contribution in [-0.4, -0.2) is 23.0 Å². The summed E-state index contributed by atoms with van der Waals surface area (Å²) in [5, 5.41) is 11.9. The van der Waals surface area contributed by atoms with E-state index in [9.17, 15) is 23.9 Å². The summed E-state index contributed by atoms with van der Waals surface area (Å²) in [6.45, 7) is 0. The van der Waals surface area contributed by atoms with E-state index in [-0.39, 0.29) is 17.0 Å². The molecule has 1 heterocycles. The minimum absolute atomic E-state index is 0.0373. The molecule has 0 aliphatic carbocycles. The lowest BCUT2D eigenvalue weighted by Crippen LogP contribution is -2.54. The Balaban J connectivity index is 2.04. The van der Waals surface area contributed by atoms with Crippen molar-refractivity contribution in [3.05, 3.63) is 61.4 Å². The SMILES string of the molecule is O=C1NC(=O)N(c2ccc(F)cc2)C(=O)C1=Cc1cc(Br)c(O)c(I)c1. The van der Waals surface area contributed by atoms with Crippen LogP contribution in [-0.2, 0) is 9.59 Å². The molecule has 0 aromatic heterocycles. The maximum absolute atomic E-state index is 13.1. The van der Waals surface area contributed by atoms with Gasteiger partial charge in [-0.15, -0.1) is 0 Å². The van der Waals surface area contributed by atoms with E-state index in [1.54, 1.807) is 6.07 Å². The Morgan fingerprint density at radius 2 is 1.81 bits per heavy atom. The second-order valence-electron chi connectivity index (χ2n) is 5.27. The van der Waals surface area contributed by atoms with E-state index in [0.29, 0.717) is 13.6 Å². The molecule has 1 fully saturated rings. The zero-order chi connectivity index (χ0) is 19.0. The van der Waals surface area contributed by atoms with Crippen molar-refractivity contribution in [2.75, 3.05) is 4.90 Å². The molecular weight excluding hydrogens is 522 g/mol. The van der Waals surface area contributed by atoms with Crippen LogP contribution in [0.25, 0.3) is 6.08 Å². The van der Waals surface area contributed by atoms with Crippen molar-refractivity contribution in [2.45, 2.75) is 0 Å². The molecule has 1 aliphatic rings. The normalized spacial score (nSPS) is 16.2. The van der Waals surface area contributed by atoms with Crippen LogP contribution in [0, 0.1) is 9.39 Å². The molecule has 0 spiro atoms. The second kappa shape index (κ2) is 7.16. The van der Waals surface area contributed by atoms with Crippen molar-refractivity contribution in [3.8, 4) is 5.75 Å². The summed E-state index contributed by atoms with van der Waals surface area (Å²) >= 11 is 5.09. The van der Waals surface area contributed by atoms with Crippen molar-refractivity contribution in [3.63, 3.8) is 0 Å². The molecule has 9 heteroatoms. The van der Waals surface area contributed by atoms with Crippen molar-refractivity contribution < 1.29 is 23.9 Å². The Hall–Kier alpha value is -2.27. The molecule has 1 aliphatic heterocycles. The highest BCUT2D eigenvalue weighted by Gasteiger charge is 2.36. The Kier molecular flexibility index (Phi) is 5.10. The molecular formula is C17H9BrFIN2O4. The van der Waals surface area contributed by atoms with Gasteiger partial charge in [0.05, 0.1) is 13.7 Å². The van der Waals surface area contributed by atoms with Gasteiger partial charge in [0.15, 0.2) is 0 Å². The first-order chi connectivity index (χ1) is 12.3. The molecule has 2 aromatic rings.